The Morgan fingerprint density at radius 2 is 1.79 bits per heavy atom. The SMILES string of the molecule is NC1(C(=O)N2CC(O)C(O)C2)CCC1. The Morgan fingerprint density at radius 3 is 2.14 bits per heavy atom. The number of likely N-dealkylation sites (tertiary alicyclic amines) is 1. The van der Waals surface area contributed by atoms with Crippen LogP contribution in [-0.2, 0) is 4.79 Å². The van der Waals surface area contributed by atoms with Crippen molar-refractivity contribution in [2.75, 3.05) is 13.1 Å². The fraction of sp³-hybridized carbons (Fsp3) is 0.889. The Hall–Kier alpha value is -0.650. The van der Waals surface area contributed by atoms with Crippen molar-refractivity contribution in [3.63, 3.8) is 0 Å². The Labute approximate surface area is 82.5 Å². The first-order valence-corrected chi connectivity index (χ1v) is 4.97. The first-order chi connectivity index (χ1) is 6.53. The molecule has 1 saturated heterocycles. The van der Waals surface area contributed by atoms with Crippen LogP contribution in [0.3, 0.4) is 0 Å². The van der Waals surface area contributed by atoms with Crippen LogP contribution in [0, 0.1) is 0 Å². The maximum Gasteiger partial charge on any atom is 0.242 e. The molecule has 5 nitrogen and oxygen atoms in total. The second kappa shape index (κ2) is 3.18. The number of aliphatic hydroxyl groups excluding tert-OH is 2. The van der Waals surface area contributed by atoms with Crippen LogP contribution in [0.4, 0.5) is 0 Å². The number of hydrogen-bond donors (Lipinski definition) is 3. The average molecular weight is 200 g/mol. The molecule has 0 aromatic rings. The molecule has 1 saturated carbocycles. The van der Waals surface area contributed by atoms with Crippen molar-refractivity contribution in [2.24, 2.45) is 5.73 Å². The van der Waals surface area contributed by atoms with Crippen LogP contribution >= 0.6 is 0 Å². The third-order valence-electron chi connectivity index (χ3n) is 3.22. The predicted molar refractivity (Wildman–Crippen MR) is 49.4 cm³/mol. The van der Waals surface area contributed by atoms with Gasteiger partial charge in [0.15, 0.2) is 0 Å². The van der Waals surface area contributed by atoms with Gasteiger partial charge in [-0.05, 0) is 19.3 Å². The van der Waals surface area contributed by atoms with Crippen LogP contribution in [0.25, 0.3) is 0 Å². The van der Waals surface area contributed by atoms with E-state index in [9.17, 15) is 15.0 Å². The van der Waals surface area contributed by atoms with E-state index in [-0.39, 0.29) is 19.0 Å². The standard InChI is InChI=1S/C9H16N2O3/c10-9(2-1-3-9)8(14)11-4-6(12)7(13)5-11/h6-7,12-13H,1-5,10H2. The van der Waals surface area contributed by atoms with Crippen molar-refractivity contribution in [1.82, 2.24) is 4.90 Å². The Balaban J connectivity index is 1.99. The highest BCUT2D eigenvalue weighted by atomic mass is 16.3. The number of β-amino-alcohol motifs (C(OH)–C–C–N with tert-alkyl or cyclic N) is 2. The lowest BCUT2D eigenvalue weighted by Crippen LogP contribution is -2.59. The van der Waals surface area contributed by atoms with Gasteiger partial charge in [-0.1, -0.05) is 0 Å². The molecule has 4 N–H and O–H groups in total. The zero-order valence-corrected chi connectivity index (χ0v) is 8.02. The van der Waals surface area contributed by atoms with Gasteiger partial charge in [0.1, 0.15) is 0 Å². The average Bonchev–Trinajstić information content (AvgIpc) is 2.42. The molecule has 2 rings (SSSR count). The molecule has 0 bridgehead atoms. The second-order valence-corrected chi connectivity index (χ2v) is 4.35. The lowest BCUT2D eigenvalue weighted by molar-refractivity contribution is -0.139. The minimum atomic E-state index is -0.817. The van der Waals surface area contributed by atoms with Crippen LogP contribution in [-0.4, -0.2) is 51.9 Å². The van der Waals surface area contributed by atoms with Gasteiger partial charge in [0.2, 0.25) is 5.91 Å². The van der Waals surface area contributed by atoms with Crippen LogP contribution in [0.1, 0.15) is 19.3 Å². The number of hydrogen-bond acceptors (Lipinski definition) is 4. The van der Waals surface area contributed by atoms with E-state index < -0.39 is 17.7 Å². The van der Waals surface area contributed by atoms with Crippen LogP contribution in [0.2, 0.25) is 0 Å². The van der Waals surface area contributed by atoms with Crippen molar-refractivity contribution < 1.29 is 15.0 Å². The fourth-order valence-corrected chi connectivity index (χ4v) is 2.02. The van der Waals surface area contributed by atoms with E-state index in [1.807, 2.05) is 0 Å². The van der Waals surface area contributed by atoms with Gasteiger partial charge in [0.25, 0.3) is 0 Å². The summed E-state index contributed by atoms with van der Waals surface area (Å²) in [6, 6.07) is 0. The summed E-state index contributed by atoms with van der Waals surface area (Å²) in [5.41, 5.74) is 5.14. The van der Waals surface area contributed by atoms with Crippen LogP contribution in [0.15, 0.2) is 0 Å². The molecule has 0 aromatic carbocycles. The third-order valence-corrected chi connectivity index (χ3v) is 3.22. The van der Waals surface area contributed by atoms with E-state index in [4.69, 9.17) is 5.73 Å². The van der Waals surface area contributed by atoms with Crippen molar-refractivity contribution in [3.05, 3.63) is 0 Å². The highest BCUT2D eigenvalue weighted by Crippen LogP contribution is 2.31. The number of nitrogens with zero attached hydrogens (tertiary/aromatic N) is 1. The second-order valence-electron chi connectivity index (χ2n) is 4.35. The highest BCUT2D eigenvalue weighted by Gasteiger charge is 2.45. The minimum absolute atomic E-state index is 0.126. The molecular weight excluding hydrogens is 184 g/mol. The molecule has 14 heavy (non-hydrogen) atoms. The predicted octanol–water partition coefficient (Wildman–Crippen LogP) is -1.57. The van der Waals surface area contributed by atoms with Crippen molar-refractivity contribution in [1.29, 1.82) is 0 Å². The molecule has 2 fully saturated rings. The molecule has 2 aliphatic rings. The monoisotopic (exact) mass is 200 g/mol. The van der Waals surface area contributed by atoms with Crippen molar-refractivity contribution in [2.45, 2.75) is 37.0 Å². The normalized spacial score (nSPS) is 35.5. The molecule has 0 aromatic heterocycles. The van der Waals surface area contributed by atoms with Crippen LogP contribution in [0.5, 0.6) is 0 Å². The van der Waals surface area contributed by atoms with Gasteiger partial charge in [0, 0.05) is 13.1 Å². The number of nitrogens with two attached hydrogens (primary N) is 1. The Bertz CT molecular complexity index is 242. The fourth-order valence-electron chi connectivity index (χ4n) is 2.02. The van der Waals surface area contributed by atoms with Crippen molar-refractivity contribution in [3.8, 4) is 0 Å². The highest BCUT2D eigenvalue weighted by molar-refractivity contribution is 5.87. The van der Waals surface area contributed by atoms with Gasteiger partial charge in [-0.3, -0.25) is 4.79 Å². The molecule has 1 aliphatic carbocycles. The third kappa shape index (κ3) is 1.41. The van der Waals surface area contributed by atoms with Gasteiger partial charge in [-0.15, -0.1) is 0 Å². The Kier molecular flexibility index (Phi) is 2.25. The molecular formula is C9H16N2O3. The molecule has 1 amide bonds. The smallest absolute Gasteiger partial charge is 0.242 e. The topological polar surface area (TPSA) is 86.8 Å². The molecule has 5 heteroatoms. The van der Waals surface area contributed by atoms with Crippen LogP contribution < -0.4 is 5.73 Å². The number of amides is 1. The van der Waals surface area contributed by atoms with Gasteiger partial charge in [-0.2, -0.15) is 0 Å². The Morgan fingerprint density at radius 1 is 1.29 bits per heavy atom. The molecule has 80 valence electrons. The number of aliphatic hydroxyl groups is 2. The summed E-state index contributed by atoms with van der Waals surface area (Å²) in [5, 5.41) is 18.6. The molecule has 0 spiro atoms. The van der Waals surface area contributed by atoms with E-state index in [0.717, 1.165) is 6.42 Å². The van der Waals surface area contributed by atoms with E-state index in [2.05, 4.69) is 0 Å². The van der Waals surface area contributed by atoms with Gasteiger partial charge in [-0.25, -0.2) is 0 Å². The zero-order chi connectivity index (χ0) is 10.3. The molecule has 1 aliphatic heterocycles. The quantitative estimate of drug-likeness (QED) is 0.477. The summed E-state index contributed by atoms with van der Waals surface area (Å²) in [6.45, 7) is 0.415. The van der Waals surface area contributed by atoms with Crippen molar-refractivity contribution >= 4 is 5.91 Å². The molecule has 1 heterocycles. The lowest BCUT2D eigenvalue weighted by atomic mass is 9.76. The maximum atomic E-state index is 11.8. The van der Waals surface area contributed by atoms with Gasteiger partial charge < -0.3 is 20.8 Å². The first kappa shape index (κ1) is 9.89. The summed E-state index contributed by atoms with van der Waals surface area (Å²) < 4.78 is 0. The van der Waals surface area contributed by atoms with E-state index >= 15 is 0 Å². The molecule has 0 radical (unpaired) electrons. The molecule has 2 atom stereocenters. The van der Waals surface area contributed by atoms with Gasteiger partial charge in [0.05, 0.1) is 17.7 Å². The largest absolute Gasteiger partial charge is 0.388 e. The maximum absolute atomic E-state index is 11.8. The van der Waals surface area contributed by atoms with E-state index in [1.54, 1.807) is 0 Å². The number of carbonyl (C=O) groups excluding carboxylic acids is 1. The zero-order valence-electron chi connectivity index (χ0n) is 8.02. The van der Waals surface area contributed by atoms with E-state index in [0.29, 0.717) is 12.8 Å². The summed E-state index contributed by atoms with van der Waals surface area (Å²) in [6.07, 6.45) is 0.787. The summed E-state index contributed by atoms with van der Waals surface area (Å²) >= 11 is 0. The first-order valence-electron chi connectivity index (χ1n) is 4.97. The lowest BCUT2D eigenvalue weighted by Gasteiger charge is -2.39. The number of carbonyl (C=O) groups is 1. The number of rotatable bonds is 1. The summed E-state index contributed by atoms with van der Waals surface area (Å²) in [4.78, 5) is 13.3. The summed E-state index contributed by atoms with van der Waals surface area (Å²) in [5.74, 6) is -0.126. The minimum Gasteiger partial charge on any atom is -0.388 e. The molecule has 2 unspecified atom stereocenters. The summed E-state index contributed by atoms with van der Waals surface area (Å²) in [7, 11) is 0. The van der Waals surface area contributed by atoms with E-state index in [1.165, 1.54) is 4.90 Å². The van der Waals surface area contributed by atoms with Gasteiger partial charge >= 0.3 is 0 Å².